The Balaban J connectivity index is 1.45. The van der Waals surface area contributed by atoms with Gasteiger partial charge in [0.15, 0.2) is 0 Å². The van der Waals surface area contributed by atoms with Gasteiger partial charge in [-0.15, -0.1) is 0 Å². The molecule has 1 N–H and O–H groups in total. The van der Waals surface area contributed by atoms with Crippen LogP contribution in [-0.2, 0) is 9.53 Å². The maximum Gasteiger partial charge on any atom is 0.337 e. The Morgan fingerprint density at radius 3 is 2.65 bits per heavy atom. The fraction of sp³-hybridized carbons (Fsp3) is 0.250. The number of carbonyl (C=O) groups excluding carboxylic acids is 2. The van der Waals surface area contributed by atoms with Crippen molar-refractivity contribution in [3.05, 3.63) is 59.8 Å². The Morgan fingerprint density at radius 2 is 1.96 bits per heavy atom. The summed E-state index contributed by atoms with van der Waals surface area (Å²) in [4.78, 5) is 24.2. The van der Waals surface area contributed by atoms with Gasteiger partial charge in [0.05, 0.1) is 17.4 Å². The molecule has 4 rings (SSSR count). The predicted octanol–water partition coefficient (Wildman–Crippen LogP) is 4.22. The van der Waals surface area contributed by atoms with Crippen molar-refractivity contribution in [1.29, 1.82) is 0 Å². The van der Waals surface area contributed by atoms with Gasteiger partial charge in [0.2, 0.25) is 5.91 Å². The van der Waals surface area contributed by atoms with Crippen LogP contribution < -0.4 is 5.32 Å². The van der Waals surface area contributed by atoms with Crippen molar-refractivity contribution in [3.63, 3.8) is 0 Å². The number of nitrogens with zero attached hydrogens (tertiary/aromatic N) is 1. The lowest BCUT2D eigenvalue weighted by atomic mass is 9.69. The van der Waals surface area contributed by atoms with E-state index in [4.69, 9.17) is 4.74 Å². The number of methoxy groups -OCH3 is 1. The van der Waals surface area contributed by atoms with E-state index in [-0.39, 0.29) is 23.7 Å². The summed E-state index contributed by atoms with van der Waals surface area (Å²) in [6, 6.07) is 13.2. The number of rotatable bonds is 4. The fourth-order valence-corrected chi connectivity index (χ4v) is 4.06. The first-order valence-corrected chi connectivity index (χ1v) is 9.26. The number of hydrogen-bond donors (Lipinski definition) is 1. The maximum atomic E-state index is 12.7. The molecule has 0 aliphatic heterocycles. The highest BCUT2D eigenvalue weighted by Gasteiger charge is 2.37. The van der Waals surface area contributed by atoms with Gasteiger partial charge in [-0.3, -0.25) is 4.79 Å². The van der Waals surface area contributed by atoms with Gasteiger partial charge >= 0.3 is 5.97 Å². The van der Waals surface area contributed by atoms with Crippen LogP contribution in [0.15, 0.2) is 48.7 Å². The monoisotopic (exact) mass is 366 g/mol. The summed E-state index contributed by atoms with van der Waals surface area (Å²) in [5, 5.41) is 4.11. The van der Waals surface area contributed by atoms with Gasteiger partial charge in [0, 0.05) is 23.2 Å². The van der Waals surface area contributed by atoms with Crippen molar-refractivity contribution in [1.82, 2.24) is 4.37 Å². The molecular formula is C20H18N2O3S. The minimum absolute atomic E-state index is 0.0437. The van der Waals surface area contributed by atoms with E-state index >= 15 is 0 Å². The average molecular weight is 366 g/mol. The lowest BCUT2D eigenvalue weighted by molar-refractivity contribution is -0.123. The van der Waals surface area contributed by atoms with Gasteiger partial charge in [-0.25, -0.2) is 4.79 Å². The molecule has 1 unspecified atom stereocenters. The molecule has 1 amide bonds. The third kappa shape index (κ3) is 3.08. The summed E-state index contributed by atoms with van der Waals surface area (Å²) in [6.07, 6.45) is 3.67. The molecule has 6 heteroatoms. The van der Waals surface area contributed by atoms with Crippen LogP contribution in [0.5, 0.6) is 0 Å². The molecule has 1 fully saturated rings. The molecule has 0 saturated heterocycles. The van der Waals surface area contributed by atoms with E-state index in [1.54, 1.807) is 12.1 Å². The predicted molar refractivity (Wildman–Crippen MR) is 101 cm³/mol. The Bertz CT molecular complexity index is 965. The molecule has 2 aromatic carbocycles. The first kappa shape index (κ1) is 16.7. The number of ether oxygens (including phenoxy) is 1. The molecule has 2 atom stereocenters. The van der Waals surface area contributed by atoms with Crippen LogP contribution in [-0.4, -0.2) is 23.4 Å². The highest BCUT2D eigenvalue weighted by molar-refractivity contribution is 7.13. The third-order valence-corrected chi connectivity index (χ3v) is 5.76. The molecule has 132 valence electrons. The second-order valence-electron chi connectivity index (χ2n) is 6.47. The Morgan fingerprint density at radius 1 is 1.15 bits per heavy atom. The molecule has 1 saturated carbocycles. The van der Waals surface area contributed by atoms with Crippen molar-refractivity contribution in [2.24, 2.45) is 5.92 Å². The molecule has 1 aliphatic carbocycles. The molecule has 5 nitrogen and oxygen atoms in total. The lowest BCUT2D eigenvalue weighted by Crippen LogP contribution is -2.35. The minimum atomic E-state index is -0.349. The highest BCUT2D eigenvalue weighted by Crippen LogP contribution is 2.43. The van der Waals surface area contributed by atoms with Gasteiger partial charge in [0.25, 0.3) is 0 Å². The first-order valence-electron chi connectivity index (χ1n) is 8.49. The molecule has 1 aliphatic rings. The van der Waals surface area contributed by atoms with E-state index in [1.807, 2.05) is 36.5 Å². The number of esters is 1. The summed E-state index contributed by atoms with van der Waals surface area (Å²) >= 11 is 1.42. The van der Waals surface area contributed by atoms with Crippen LogP contribution in [0.2, 0.25) is 0 Å². The van der Waals surface area contributed by atoms with E-state index in [2.05, 4.69) is 9.69 Å². The Labute approximate surface area is 155 Å². The van der Waals surface area contributed by atoms with Gasteiger partial charge in [-0.05, 0) is 66.2 Å². The van der Waals surface area contributed by atoms with E-state index in [0.717, 1.165) is 34.2 Å². The number of fused-ring (bicyclic) bond motifs is 1. The molecule has 0 radical (unpaired) electrons. The summed E-state index contributed by atoms with van der Waals surface area (Å²) in [5.41, 5.74) is 2.41. The molecule has 26 heavy (non-hydrogen) atoms. The van der Waals surface area contributed by atoms with E-state index in [0.29, 0.717) is 5.56 Å². The summed E-state index contributed by atoms with van der Waals surface area (Å²) < 4.78 is 9.94. The van der Waals surface area contributed by atoms with Crippen LogP contribution in [0.1, 0.15) is 34.7 Å². The highest BCUT2D eigenvalue weighted by atomic mass is 32.1. The maximum absolute atomic E-state index is 12.7. The van der Waals surface area contributed by atoms with Crippen LogP contribution >= 0.6 is 11.5 Å². The zero-order valence-electron chi connectivity index (χ0n) is 14.3. The molecule has 3 aromatic rings. The second kappa shape index (κ2) is 6.88. The molecule has 1 heterocycles. The standard InChI is InChI=1S/C20H18N2O3S/c1-25-20(24)13-4-2-12(3-5-13)16-8-9-17(16)19(23)22-15-7-6-14-11-21-26-18(14)10-15/h2-7,10-11,16-17H,8-9H2,1H3,(H,22,23)/t16?,17-/m0/s1. The number of aromatic nitrogens is 1. The van der Waals surface area contributed by atoms with Crippen molar-refractivity contribution < 1.29 is 14.3 Å². The third-order valence-electron chi connectivity index (χ3n) is 5.00. The van der Waals surface area contributed by atoms with Crippen LogP contribution in [0.3, 0.4) is 0 Å². The van der Waals surface area contributed by atoms with E-state index < -0.39 is 0 Å². The number of nitrogens with one attached hydrogen (secondary N) is 1. The number of benzene rings is 2. The van der Waals surface area contributed by atoms with Gasteiger partial charge < -0.3 is 10.1 Å². The first-order chi connectivity index (χ1) is 12.7. The summed E-state index contributed by atoms with van der Waals surface area (Å²) in [7, 11) is 1.37. The van der Waals surface area contributed by atoms with Crippen molar-refractivity contribution in [2.75, 3.05) is 12.4 Å². The number of hydrogen-bond acceptors (Lipinski definition) is 5. The molecular weight excluding hydrogens is 348 g/mol. The molecule has 0 spiro atoms. The van der Waals surface area contributed by atoms with Crippen LogP contribution in [0, 0.1) is 5.92 Å². The van der Waals surface area contributed by atoms with Crippen LogP contribution in [0.25, 0.3) is 10.1 Å². The van der Waals surface area contributed by atoms with Crippen molar-refractivity contribution >= 4 is 39.2 Å². The van der Waals surface area contributed by atoms with Crippen LogP contribution in [0.4, 0.5) is 5.69 Å². The quantitative estimate of drug-likeness (QED) is 0.702. The number of carbonyl (C=O) groups is 2. The lowest BCUT2D eigenvalue weighted by Gasteiger charge is -2.35. The number of anilines is 1. The Kier molecular flexibility index (Phi) is 4.42. The van der Waals surface area contributed by atoms with Gasteiger partial charge in [0.1, 0.15) is 0 Å². The van der Waals surface area contributed by atoms with Gasteiger partial charge in [-0.1, -0.05) is 12.1 Å². The summed E-state index contributed by atoms with van der Waals surface area (Å²) in [6.45, 7) is 0. The molecule has 1 aromatic heterocycles. The minimum Gasteiger partial charge on any atom is -0.465 e. The zero-order valence-corrected chi connectivity index (χ0v) is 15.1. The SMILES string of the molecule is COC(=O)c1ccc(C2CC[C@@H]2C(=O)Nc2ccc3cnsc3c2)cc1. The van der Waals surface area contributed by atoms with E-state index in [9.17, 15) is 9.59 Å². The average Bonchev–Trinajstić information content (AvgIpc) is 3.08. The largest absolute Gasteiger partial charge is 0.465 e. The second-order valence-corrected chi connectivity index (χ2v) is 7.30. The Hall–Kier alpha value is -2.73. The van der Waals surface area contributed by atoms with Gasteiger partial charge in [-0.2, -0.15) is 4.37 Å². The topological polar surface area (TPSA) is 68.3 Å². The van der Waals surface area contributed by atoms with Crippen molar-refractivity contribution in [2.45, 2.75) is 18.8 Å². The molecule has 0 bridgehead atoms. The van der Waals surface area contributed by atoms with Crippen molar-refractivity contribution in [3.8, 4) is 0 Å². The normalized spacial score (nSPS) is 19.0. The smallest absolute Gasteiger partial charge is 0.337 e. The zero-order chi connectivity index (χ0) is 18.1. The fourth-order valence-electron chi connectivity index (χ4n) is 3.37. The summed E-state index contributed by atoms with van der Waals surface area (Å²) in [5.74, 6) is -0.162. The number of amides is 1. The van der Waals surface area contributed by atoms with E-state index in [1.165, 1.54) is 18.6 Å².